The zero-order chi connectivity index (χ0) is 35.5. The minimum Gasteiger partial charge on any atom is -0.493 e. The van der Waals surface area contributed by atoms with Crippen LogP contribution < -0.4 is 19.1 Å². The van der Waals surface area contributed by atoms with E-state index in [-0.39, 0.29) is 11.9 Å². The lowest BCUT2D eigenvalue weighted by molar-refractivity contribution is 0.0779. The molecule has 1 N–H and O–H groups in total. The summed E-state index contributed by atoms with van der Waals surface area (Å²) in [6, 6.07) is 17.7. The van der Waals surface area contributed by atoms with E-state index in [0.29, 0.717) is 60.9 Å². The highest BCUT2D eigenvalue weighted by molar-refractivity contribution is 5.96. The number of nitrogens with one attached hydrogen (secondary N) is 1. The van der Waals surface area contributed by atoms with Gasteiger partial charge in [-0.2, -0.15) is 0 Å². The van der Waals surface area contributed by atoms with E-state index in [1.807, 2.05) is 30.3 Å². The molecule has 2 saturated heterocycles. The fraction of sp³-hybridized carbons (Fsp3) is 0.385. The van der Waals surface area contributed by atoms with Crippen molar-refractivity contribution >= 4 is 22.9 Å². The summed E-state index contributed by atoms with van der Waals surface area (Å²) in [7, 11) is 4.53. The molecule has 2 aliphatic rings. The highest BCUT2D eigenvalue weighted by Gasteiger charge is 2.42. The molecule has 1 unspecified atom stereocenters. The molecule has 7 rings (SSSR count). The van der Waals surface area contributed by atoms with E-state index < -0.39 is 17.0 Å². The van der Waals surface area contributed by atoms with E-state index in [1.54, 1.807) is 35.6 Å². The summed E-state index contributed by atoms with van der Waals surface area (Å²) < 4.78 is 50.6. The van der Waals surface area contributed by atoms with Crippen molar-refractivity contribution in [2.45, 2.75) is 43.7 Å². The molecule has 1 atom stereocenters. The summed E-state index contributed by atoms with van der Waals surface area (Å²) in [6.07, 6.45) is 6.64. The minimum atomic E-state index is -0.885. The second-order valence-corrected chi connectivity index (χ2v) is 13.5. The fourth-order valence-corrected chi connectivity index (χ4v) is 7.70. The average molecular weight is 700 g/mol. The molecule has 0 radical (unpaired) electrons. The van der Waals surface area contributed by atoms with Gasteiger partial charge in [-0.05, 0) is 80.3 Å². The lowest BCUT2D eigenvalue weighted by atomic mass is 9.76. The quantitative estimate of drug-likeness (QED) is 0.152. The van der Waals surface area contributed by atoms with E-state index in [9.17, 15) is 13.6 Å². The first-order valence-corrected chi connectivity index (χ1v) is 17.3. The van der Waals surface area contributed by atoms with Crippen molar-refractivity contribution in [1.82, 2.24) is 19.8 Å². The minimum absolute atomic E-state index is 0.192. The number of fused-ring (bicyclic) bond motifs is 1. The number of benzene rings is 3. The normalized spacial score (nSPS) is 18.3. The van der Waals surface area contributed by atoms with Crippen molar-refractivity contribution in [2.24, 2.45) is 0 Å². The van der Waals surface area contributed by atoms with Crippen molar-refractivity contribution < 1.29 is 32.2 Å². The van der Waals surface area contributed by atoms with Gasteiger partial charge in [-0.25, -0.2) is 13.8 Å². The molecule has 12 heteroatoms. The third-order valence-electron chi connectivity index (χ3n) is 10.6. The number of carbonyl (C=O) groups is 1. The molecule has 0 bridgehead atoms. The number of ether oxygens (including phenoxy) is 3. The Morgan fingerprint density at radius 1 is 0.980 bits per heavy atom. The summed E-state index contributed by atoms with van der Waals surface area (Å²) in [5.41, 5.74) is 3.56. The molecule has 2 aliphatic heterocycles. The van der Waals surface area contributed by atoms with E-state index in [0.717, 1.165) is 55.0 Å². The number of anilines is 1. The van der Waals surface area contributed by atoms with Crippen molar-refractivity contribution in [1.29, 1.82) is 0 Å². The maximum atomic E-state index is 14.7. The van der Waals surface area contributed by atoms with E-state index in [2.05, 4.69) is 14.8 Å². The Kier molecular flexibility index (Phi) is 9.86. The van der Waals surface area contributed by atoms with Crippen LogP contribution in [0.15, 0.2) is 77.6 Å². The number of piperidine rings is 1. The Balaban J connectivity index is 1.07. The Labute approximate surface area is 295 Å². The first kappa shape index (κ1) is 34.4. The van der Waals surface area contributed by atoms with Crippen LogP contribution in [0.2, 0.25) is 0 Å². The highest BCUT2D eigenvalue weighted by Crippen LogP contribution is 2.42. The van der Waals surface area contributed by atoms with Gasteiger partial charge in [0.25, 0.3) is 5.91 Å². The van der Waals surface area contributed by atoms with Gasteiger partial charge in [0.05, 0.1) is 44.9 Å². The van der Waals surface area contributed by atoms with Gasteiger partial charge in [0.1, 0.15) is 0 Å². The summed E-state index contributed by atoms with van der Waals surface area (Å²) >= 11 is 0. The second kappa shape index (κ2) is 14.6. The maximum absolute atomic E-state index is 14.7. The number of likely N-dealkylation sites (tertiary alicyclic amines) is 2. The lowest BCUT2D eigenvalue weighted by Gasteiger charge is -2.40. The lowest BCUT2D eigenvalue weighted by Crippen LogP contribution is -2.46. The molecular formula is C39H43F2N5O5. The van der Waals surface area contributed by atoms with Crippen LogP contribution in [0.1, 0.15) is 47.2 Å². The number of amides is 1. The SMILES string of the molecule is COc1cc(C(=O)N2CCC(CCN3CCC(N(Cc4ccoc4)c4nc5ccccc5[nH]4)CC3)(c3ccc(F)c(F)c3)C2)cc(OC)c1OC. The van der Waals surface area contributed by atoms with Crippen molar-refractivity contribution in [2.75, 3.05) is 59.0 Å². The van der Waals surface area contributed by atoms with Crippen molar-refractivity contribution in [3.05, 3.63) is 102 Å². The fourth-order valence-electron chi connectivity index (χ4n) is 7.70. The molecule has 5 aromatic rings. The van der Waals surface area contributed by atoms with Gasteiger partial charge in [-0.1, -0.05) is 18.2 Å². The number of para-hydroxylation sites is 2. The first-order valence-electron chi connectivity index (χ1n) is 17.3. The Morgan fingerprint density at radius 3 is 2.41 bits per heavy atom. The summed E-state index contributed by atoms with van der Waals surface area (Å²) in [4.78, 5) is 28.9. The number of imidazole rings is 1. The first-order chi connectivity index (χ1) is 24.8. The summed E-state index contributed by atoms with van der Waals surface area (Å²) in [6.45, 7) is 4.01. The van der Waals surface area contributed by atoms with Gasteiger partial charge in [0.2, 0.25) is 11.7 Å². The topological polar surface area (TPSA) is 96.3 Å². The molecule has 1 amide bonds. The van der Waals surface area contributed by atoms with Crippen molar-refractivity contribution in [3.8, 4) is 17.2 Å². The van der Waals surface area contributed by atoms with E-state index >= 15 is 0 Å². The van der Waals surface area contributed by atoms with Crippen LogP contribution in [0.3, 0.4) is 0 Å². The van der Waals surface area contributed by atoms with Gasteiger partial charge in [-0.3, -0.25) is 4.79 Å². The smallest absolute Gasteiger partial charge is 0.254 e. The monoisotopic (exact) mass is 699 g/mol. The van der Waals surface area contributed by atoms with Gasteiger partial charge in [0, 0.05) is 55.3 Å². The molecule has 51 heavy (non-hydrogen) atoms. The van der Waals surface area contributed by atoms with Crippen LogP contribution in [-0.2, 0) is 12.0 Å². The molecular weight excluding hydrogens is 656 g/mol. The molecule has 4 heterocycles. The average Bonchev–Trinajstić information content (AvgIpc) is 3.94. The molecule has 0 saturated carbocycles. The number of furan rings is 1. The largest absolute Gasteiger partial charge is 0.493 e. The molecule has 268 valence electrons. The maximum Gasteiger partial charge on any atom is 0.254 e. The number of rotatable bonds is 12. The van der Waals surface area contributed by atoms with E-state index in [4.69, 9.17) is 23.6 Å². The zero-order valence-corrected chi connectivity index (χ0v) is 29.2. The molecule has 2 fully saturated rings. The predicted octanol–water partition coefficient (Wildman–Crippen LogP) is 6.81. The summed E-state index contributed by atoms with van der Waals surface area (Å²) in [5, 5.41) is 0. The number of methoxy groups -OCH3 is 3. The molecule has 0 aliphatic carbocycles. The third kappa shape index (κ3) is 6.97. The number of carbonyl (C=O) groups excluding carboxylic acids is 1. The molecule has 10 nitrogen and oxygen atoms in total. The van der Waals surface area contributed by atoms with Crippen LogP contribution in [-0.4, -0.2) is 85.8 Å². The van der Waals surface area contributed by atoms with Crippen LogP contribution >= 0.6 is 0 Å². The summed E-state index contributed by atoms with van der Waals surface area (Å²) in [5.74, 6) is 0.0598. The predicted molar refractivity (Wildman–Crippen MR) is 190 cm³/mol. The Morgan fingerprint density at radius 2 is 1.75 bits per heavy atom. The molecule has 2 aromatic heterocycles. The number of nitrogens with zero attached hydrogens (tertiary/aromatic N) is 4. The van der Waals surface area contributed by atoms with Gasteiger partial charge in [0.15, 0.2) is 23.1 Å². The molecule has 3 aromatic carbocycles. The van der Waals surface area contributed by atoms with Crippen molar-refractivity contribution in [3.63, 3.8) is 0 Å². The standard InChI is InChI=1S/C39H43F2N5O5/c1-48-34-20-27(21-35(49-2)36(34)50-3)37(47)45-18-14-39(25-45,28-8-9-30(40)31(41)22-28)13-17-44-15-10-29(11-16-44)46(23-26-12-19-51-24-26)38-42-32-6-4-5-7-33(32)43-38/h4-9,12,19-22,24,29H,10-11,13-18,23,25H2,1-3H3,(H,42,43). The number of halogens is 2. The van der Waals surface area contributed by atoms with Crippen LogP contribution in [0, 0.1) is 11.6 Å². The van der Waals surface area contributed by atoms with Gasteiger partial charge >= 0.3 is 0 Å². The number of aromatic nitrogens is 2. The molecule has 0 spiro atoms. The Bertz CT molecular complexity index is 1920. The third-order valence-corrected chi connectivity index (χ3v) is 10.6. The number of hydrogen-bond acceptors (Lipinski definition) is 8. The number of hydrogen-bond donors (Lipinski definition) is 1. The van der Waals surface area contributed by atoms with Gasteiger partial charge in [-0.15, -0.1) is 0 Å². The Hall–Kier alpha value is -5.10. The number of H-pyrrole nitrogens is 1. The zero-order valence-electron chi connectivity index (χ0n) is 29.2. The second-order valence-electron chi connectivity index (χ2n) is 13.5. The highest BCUT2D eigenvalue weighted by atomic mass is 19.2. The van der Waals surface area contributed by atoms with Gasteiger partial charge < -0.3 is 38.3 Å². The van der Waals surface area contributed by atoms with Crippen LogP contribution in [0.5, 0.6) is 17.2 Å². The van der Waals surface area contributed by atoms with Crippen LogP contribution in [0.4, 0.5) is 14.7 Å². The van der Waals surface area contributed by atoms with E-state index in [1.165, 1.54) is 33.5 Å². The van der Waals surface area contributed by atoms with Crippen LogP contribution in [0.25, 0.3) is 11.0 Å². The number of aromatic amines is 1.